The van der Waals surface area contributed by atoms with E-state index in [9.17, 15) is 9.59 Å². The van der Waals surface area contributed by atoms with Gasteiger partial charge in [-0.2, -0.15) is 0 Å². The van der Waals surface area contributed by atoms with E-state index >= 15 is 0 Å². The number of anilines is 1. The van der Waals surface area contributed by atoms with Gasteiger partial charge in [0.1, 0.15) is 0 Å². The lowest BCUT2D eigenvalue weighted by atomic mass is 10.2. The summed E-state index contributed by atoms with van der Waals surface area (Å²) in [6.45, 7) is 0.577. The number of fused-ring (bicyclic) bond motifs is 1. The average molecular weight is 311 g/mol. The Morgan fingerprint density at radius 2 is 2.35 bits per heavy atom. The van der Waals surface area contributed by atoms with Gasteiger partial charge < -0.3 is 5.11 Å². The van der Waals surface area contributed by atoms with Crippen LogP contribution in [0.15, 0.2) is 18.2 Å². The number of rotatable bonds is 3. The molecule has 104 valence electrons. The molecule has 0 bridgehead atoms. The van der Waals surface area contributed by atoms with Crippen LogP contribution in [0.5, 0.6) is 0 Å². The van der Waals surface area contributed by atoms with Crippen LogP contribution >= 0.6 is 22.9 Å². The largest absolute Gasteiger partial charge is 0.478 e. The monoisotopic (exact) mass is 310 g/mol. The number of nitrogens with zero attached hydrogens (tertiary/aromatic N) is 2. The Bertz CT molecular complexity index is 700. The second kappa shape index (κ2) is 5.03. The lowest BCUT2D eigenvalue weighted by molar-refractivity contribution is -0.117. The highest BCUT2D eigenvalue weighted by molar-refractivity contribution is 7.22. The van der Waals surface area contributed by atoms with E-state index in [1.54, 1.807) is 17.0 Å². The van der Waals surface area contributed by atoms with Crippen LogP contribution in [0.3, 0.4) is 0 Å². The minimum absolute atomic E-state index is 0.0214. The number of carboxylic acid groups (broad SMARTS) is 1. The number of amides is 1. The number of carbonyl (C=O) groups excluding carboxylic acids is 1. The summed E-state index contributed by atoms with van der Waals surface area (Å²) in [7, 11) is 0. The van der Waals surface area contributed by atoms with E-state index in [1.807, 2.05) is 0 Å². The first-order valence-corrected chi connectivity index (χ1v) is 7.44. The topological polar surface area (TPSA) is 70.5 Å². The number of aromatic nitrogens is 1. The van der Waals surface area contributed by atoms with E-state index in [1.165, 1.54) is 17.4 Å². The van der Waals surface area contributed by atoms with Crippen molar-refractivity contribution in [2.75, 3.05) is 17.3 Å². The van der Waals surface area contributed by atoms with Crippen LogP contribution in [0.25, 0.3) is 10.2 Å². The van der Waals surface area contributed by atoms with E-state index < -0.39 is 5.97 Å². The summed E-state index contributed by atoms with van der Waals surface area (Å²) >= 11 is 7.13. The Morgan fingerprint density at radius 1 is 1.55 bits per heavy atom. The maximum atomic E-state index is 11.9. The molecule has 2 heterocycles. The predicted octanol–water partition coefficient (Wildman–Crippen LogP) is 2.59. The van der Waals surface area contributed by atoms with Crippen molar-refractivity contribution < 1.29 is 14.7 Å². The molecule has 0 saturated carbocycles. The van der Waals surface area contributed by atoms with E-state index in [4.69, 9.17) is 16.7 Å². The third kappa shape index (κ3) is 2.25. The highest BCUT2D eigenvalue weighted by atomic mass is 35.5. The van der Waals surface area contributed by atoms with Crippen LogP contribution in [0.2, 0.25) is 0 Å². The van der Waals surface area contributed by atoms with Crippen LogP contribution in [0.1, 0.15) is 16.8 Å². The molecule has 2 aromatic rings. The number of carboxylic acids is 1. The normalized spacial score (nSPS) is 18.9. The van der Waals surface area contributed by atoms with Gasteiger partial charge in [0.25, 0.3) is 0 Å². The van der Waals surface area contributed by atoms with Crippen molar-refractivity contribution in [3.63, 3.8) is 0 Å². The molecule has 1 fully saturated rings. The fourth-order valence-corrected chi connectivity index (χ4v) is 3.47. The van der Waals surface area contributed by atoms with Crippen LogP contribution in [-0.4, -0.2) is 34.4 Å². The lowest BCUT2D eigenvalue weighted by Gasteiger charge is -2.11. The number of benzene rings is 1. The van der Waals surface area contributed by atoms with Gasteiger partial charge >= 0.3 is 5.97 Å². The summed E-state index contributed by atoms with van der Waals surface area (Å²) in [5, 5.41) is 9.59. The standard InChI is InChI=1S/C13H11ClN2O3S/c14-5-7-3-11(17)16(6-7)13-15-9-2-1-8(12(18)19)4-10(9)20-13/h1-2,4,7H,3,5-6H2,(H,18,19). The Labute approximate surface area is 123 Å². The van der Waals surface area contributed by atoms with E-state index in [0.717, 1.165) is 4.70 Å². The lowest BCUT2D eigenvalue weighted by Crippen LogP contribution is -2.24. The molecule has 0 radical (unpaired) electrons. The van der Waals surface area contributed by atoms with E-state index in [-0.39, 0.29) is 17.4 Å². The minimum Gasteiger partial charge on any atom is -0.478 e. The molecule has 1 saturated heterocycles. The predicted molar refractivity (Wildman–Crippen MR) is 77.8 cm³/mol. The number of thiazole rings is 1. The zero-order valence-corrected chi connectivity index (χ0v) is 11.9. The molecule has 1 aromatic carbocycles. The van der Waals surface area contributed by atoms with E-state index in [0.29, 0.717) is 29.5 Å². The Morgan fingerprint density at radius 3 is 3.00 bits per heavy atom. The highest BCUT2D eigenvalue weighted by Crippen LogP contribution is 2.33. The van der Waals surface area contributed by atoms with Crippen molar-refractivity contribution in [2.24, 2.45) is 5.92 Å². The first kappa shape index (κ1) is 13.3. The molecular formula is C13H11ClN2O3S. The van der Waals surface area contributed by atoms with Crippen molar-refractivity contribution in [3.8, 4) is 0 Å². The molecule has 0 spiro atoms. The van der Waals surface area contributed by atoms with Crippen molar-refractivity contribution in [1.29, 1.82) is 0 Å². The number of aromatic carboxylic acids is 1. The molecule has 1 amide bonds. The van der Waals surface area contributed by atoms with Crippen LogP contribution < -0.4 is 4.90 Å². The highest BCUT2D eigenvalue weighted by Gasteiger charge is 2.31. The quantitative estimate of drug-likeness (QED) is 0.885. The maximum Gasteiger partial charge on any atom is 0.335 e. The summed E-state index contributed by atoms with van der Waals surface area (Å²) in [5.41, 5.74) is 0.927. The third-order valence-corrected chi connectivity index (χ3v) is 4.76. The number of hydrogen-bond donors (Lipinski definition) is 1. The molecule has 3 rings (SSSR count). The van der Waals surface area contributed by atoms with Crippen LogP contribution in [-0.2, 0) is 4.79 Å². The van der Waals surface area contributed by atoms with Gasteiger partial charge in [-0.3, -0.25) is 9.69 Å². The van der Waals surface area contributed by atoms with Gasteiger partial charge in [0.15, 0.2) is 5.13 Å². The molecule has 1 aliphatic rings. The molecular weight excluding hydrogens is 300 g/mol. The van der Waals surface area contributed by atoms with Crippen LogP contribution in [0.4, 0.5) is 5.13 Å². The third-order valence-electron chi connectivity index (χ3n) is 3.28. The molecule has 1 atom stereocenters. The molecule has 20 heavy (non-hydrogen) atoms. The number of carbonyl (C=O) groups is 2. The number of hydrogen-bond acceptors (Lipinski definition) is 4. The van der Waals surface area contributed by atoms with Gasteiger partial charge in [0.2, 0.25) is 5.91 Å². The number of alkyl halides is 1. The number of halogens is 1. The van der Waals surface area contributed by atoms with Crippen molar-refractivity contribution in [1.82, 2.24) is 4.98 Å². The van der Waals surface area contributed by atoms with Crippen molar-refractivity contribution >= 4 is 50.2 Å². The Balaban J connectivity index is 1.97. The molecule has 1 N–H and O–H groups in total. The molecule has 0 aliphatic carbocycles. The SMILES string of the molecule is O=C(O)c1ccc2nc(N3CC(CCl)CC3=O)sc2c1. The zero-order valence-electron chi connectivity index (χ0n) is 10.4. The summed E-state index contributed by atoms with van der Waals surface area (Å²) < 4.78 is 0.766. The molecule has 1 aromatic heterocycles. The molecule has 7 heteroatoms. The van der Waals surface area contributed by atoms with Gasteiger partial charge in [0.05, 0.1) is 15.8 Å². The van der Waals surface area contributed by atoms with Gasteiger partial charge in [-0.05, 0) is 24.1 Å². The summed E-state index contributed by atoms with van der Waals surface area (Å²) in [5.74, 6) is -0.337. The Hall–Kier alpha value is -1.66. The van der Waals surface area contributed by atoms with Gasteiger partial charge in [-0.25, -0.2) is 9.78 Å². The second-order valence-electron chi connectivity index (χ2n) is 4.71. The van der Waals surface area contributed by atoms with Gasteiger partial charge in [-0.1, -0.05) is 11.3 Å². The fourth-order valence-electron chi connectivity index (χ4n) is 2.23. The molecule has 5 nitrogen and oxygen atoms in total. The zero-order chi connectivity index (χ0) is 14.3. The fraction of sp³-hybridized carbons (Fsp3) is 0.308. The van der Waals surface area contributed by atoms with Crippen molar-refractivity contribution in [2.45, 2.75) is 6.42 Å². The summed E-state index contributed by atoms with van der Waals surface area (Å²) in [6.07, 6.45) is 0.444. The first-order chi connectivity index (χ1) is 9.58. The first-order valence-electron chi connectivity index (χ1n) is 6.08. The molecule has 1 unspecified atom stereocenters. The van der Waals surface area contributed by atoms with Crippen molar-refractivity contribution in [3.05, 3.63) is 23.8 Å². The maximum absolute atomic E-state index is 11.9. The average Bonchev–Trinajstić information content (AvgIpc) is 3.00. The molecule has 1 aliphatic heterocycles. The van der Waals surface area contributed by atoms with Gasteiger partial charge in [-0.15, -0.1) is 11.6 Å². The summed E-state index contributed by atoms with van der Waals surface area (Å²) in [6, 6.07) is 4.76. The van der Waals surface area contributed by atoms with Crippen LogP contribution in [0, 0.1) is 5.92 Å². The van der Waals surface area contributed by atoms with Gasteiger partial charge in [0, 0.05) is 18.8 Å². The minimum atomic E-state index is -0.971. The smallest absolute Gasteiger partial charge is 0.335 e. The van der Waals surface area contributed by atoms with E-state index in [2.05, 4.69) is 4.98 Å². The second-order valence-corrected chi connectivity index (χ2v) is 6.03. The Kier molecular flexibility index (Phi) is 3.35. The summed E-state index contributed by atoms with van der Waals surface area (Å²) in [4.78, 5) is 28.9.